The minimum Gasteiger partial charge on any atom is -0.472 e. The van der Waals surface area contributed by atoms with Crippen molar-refractivity contribution in [3.63, 3.8) is 0 Å². The van der Waals surface area contributed by atoms with E-state index in [1.165, 1.54) is 12.1 Å². The summed E-state index contributed by atoms with van der Waals surface area (Å²) in [6.07, 6.45) is 6.97. The third-order valence-corrected chi connectivity index (χ3v) is 3.52. The molecule has 4 aromatic rings. The minimum atomic E-state index is -0.253. The number of hydrogen-bond acceptors (Lipinski definition) is 2. The van der Waals surface area contributed by atoms with Crippen molar-refractivity contribution in [2.75, 3.05) is 0 Å². The number of benzene rings is 1. The molecule has 0 aliphatic carbocycles. The van der Waals surface area contributed by atoms with E-state index < -0.39 is 0 Å². The van der Waals surface area contributed by atoms with Crippen molar-refractivity contribution >= 4 is 11.0 Å². The van der Waals surface area contributed by atoms with Gasteiger partial charge in [-0.05, 0) is 29.8 Å². The normalized spacial score (nSPS) is 11.1. The molecule has 4 rings (SSSR count). The topological polar surface area (TPSA) is 41.8 Å². The lowest BCUT2D eigenvalue weighted by Crippen LogP contribution is -1.83. The Kier molecular flexibility index (Phi) is 2.60. The first-order chi connectivity index (χ1) is 10.3. The lowest BCUT2D eigenvalue weighted by molar-refractivity contribution is 0.568. The van der Waals surface area contributed by atoms with E-state index in [1.54, 1.807) is 24.8 Å². The highest BCUT2D eigenvalue weighted by Crippen LogP contribution is 2.31. The van der Waals surface area contributed by atoms with Crippen LogP contribution in [0, 0.1) is 5.82 Å². The van der Waals surface area contributed by atoms with E-state index in [4.69, 9.17) is 4.42 Å². The second kappa shape index (κ2) is 4.59. The minimum absolute atomic E-state index is 0.253. The number of fused-ring (bicyclic) bond motifs is 1. The smallest absolute Gasteiger partial charge is 0.137 e. The molecule has 0 radical (unpaired) electrons. The van der Waals surface area contributed by atoms with Gasteiger partial charge in [-0.1, -0.05) is 12.1 Å². The first kappa shape index (κ1) is 11.9. The number of rotatable bonds is 2. The predicted octanol–water partition coefficient (Wildman–Crippen LogP) is 4.63. The van der Waals surface area contributed by atoms with Gasteiger partial charge in [0.25, 0.3) is 0 Å². The molecule has 0 aliphatic heterocycles. The van der Waals surface area contributed by atoms with Crippen molar-refractivity contribution in [1.29, 1.82) is 0 Å². The molecule has 0 aliphatic rings. The fourth-order valence-electron chi connectivity index (χ4n) is 2.49. The average Bonchev–Trinajstić information content (AvgIpc) is 3.15. The first-order valence-electron chi connectivity index (χ1n) is 6.57. The van der Waals surface area contributed by atoms with Gasteiger partial charge < -0.3 is 9.40 Å². The van der Waals surface area contributed by atoms with E-state index >= 15 is 0 Å². The van der Waals surface area contributed by atoms with Gasteiger partial charge in [0, 0.05) is 34.5 Å². The number of aromatic amines is 1. The van der Waals surface area contributed by atoms with Crippen molar-refractivity contribution in [3.05, 3.63) is 67.1 Å². The quantitative estimate of drug-likeness (QED) is 0.581. The van der Waals surface area contributed by atoms with Crippen LogP contribution in [0.15, 0.2) is 65.7 Å². The third kappa shape index (κ3) is 2.01. The molecule has 0 atom stereocenters. The molecule has 0 bridgehead atoms. The molecule has 0 saturated carbocycles. The highest BCUT2D eigenvalue weighted by Gasteiger charge is 2.10. The van der Waals surface area contributed by atoms with Crippen LogP contribution in [0.3, 0.4) is 0 Å². The molecule has 0 spiro atoms. The van der Waals surface area contributed by atoms with Crippen LogP contribution < -0.4 is 0 Å². The van der Waals surface area contributed by atoms with Crippen LogP contribution in [-0.4, -0.2) is 9.97 Å². The number of hydrogen-bond donors (Lipinski definition) is 1. The maximum atomic E-state index is 13.4. The Hall–Kier alpha value is -2.88. The number of pyridine rings is 1. The van der Waals surface area contributed by atoms with Crippen LogP contribution in [0.4, 0.5) is 4.39 Å². The second-order valence-corrected chi connectivity index (χ2v) is 4.84. The molecule has 0 amide bonds. The Bertz CT molecular complexity index is 910. The summed E-state index contributed by atoms with van der Waals surface area (Å²) >= 11 is 0. The van der Waals surface area contributed by atoms with Crippen LogP contribution in [0.25, 0.3) is 33.3 Å². The highest BCUT2D eigenvalue weighted by atomic mass is 19.1. The van der Waals surface area contributed by atoms with Gasteiger partial charge in [0.15, 0.2) is 0 Å². The summed E-state index contributed by atoms with van der Waals surface area (Å²) in [4.78, 5) is 7.55. The molecule has 21 heavy (non-hydrogen) atoms. The van der Waals surface area contributed by atoms with E-state index in [-0.39, 0.29) is 5.82 Å². The van der Waals surface area contributed by atoms with Gasteiger partial charge in [0.05, 0.1) is 12.5 Å². The molecule has 3 heterocycles. The summed E-state index contributed by atoms with van der Waals surface area (Å²) in [5, 5.41) is 0.984. The zero-order valence-corrected chi connectivity index (χ0v) is 11.0. The fourth-order valence-corrected chi connectivity index (χ4v) is 2.49. The van der Waals surface area contributed by atoms with E-state index in [0.717, 1.165) is 33.3 Å². The van der Waals surface area contributed by atoms with Crippen molar-refractivity contribution in [2.24, 2.45) is 0 Å². The Morgan fingerprint density at radius 1 is 1.05 bits per heavy atom. The molecule has 1 N–H and O–H groups in total. The van der Waals surface area contributed by atoms with Crippen LogP contribution in [0.1, 0.15) is 0 Å². The number of H-pyrrole nitrogens is 1. The lowest BCUT2D eigenvalue weighted by Gasteiger charge is -2.02. The number of nitrogens with one attached hydrogen (secondary N) is 1. The summed E-state index contributed by atoms with van der Waals surface area (Å²) in [5.74, 6) is -0.253. The van der Waals surface area contributed by atoms with Gasteiger partial charge in [0.2, 0.25) is 0 Å². The van der Waals surface area contributed by atoms with E-state index in [9.17, 15) is 4.39 Å². The Morgan fingerprint density at radius 3 is 2.81 bits per heavy atom. The van der Waals surface area contributed by atoms with E-state index in [2.05, 4.69) is 9.97 Å². The van der Waals surface area contributed by atoms with Crippen molar-refractivity contribution < 1.29 is 8.81 Å². The zero-order valence-electron chi connectivity index (χ0n) is 11.0. The number of nitrogens with zero attached hydrogens (tertiary/aromatic N) is 1. The summed E-state index contributed by atoms with van der Waals surface area (Å²) in [6.45, 7) is 0. The molecule has 102 valence electrons. The molecule has 4 heteroatoms. The molecule has 0 saturated heterocycles. The summed E-state index contributed by atoms with van der Waals surface area (Å²) in [6, 6.07) is 10.4. The van der Waals surface area contributed by atoms with E-state index in [1.807, 2.05) is 24.4 Å². The largest absolute Gasteiger partial charge is 0.472 e. The van der Waals surface area contributed by atoms with Gasteiger partial charge in [0.1, 0.15) is 11.5 Å². The maximum Gasteiger partial charge on any atom is 0.137 e. The standard InChI is InChI=1S/C17H11FN2O/c18-14-3-1-2-11(6-14)13-7-15-16(12-4-5-21-10-12)9-20-17(15)19-8-13/h1-10H,(H,19,20). The predicted molar refractivity (Wildman–Crippen MR) is 79.2 cm³/mol. The molecular weight excluding hydrogens is 267 g/mol. The van der Waals surface area contributed by atoms with E-state index in [0.29, 0.717) is 0 Å². The van der Waals surface area contributed by atoms with Crippen molar-refractivity contribution in [2.45, 2.75) is 0 Å². The first-order valence-corrected chi connectivity index (χ1v) is 6.57. The molecule has 1 aromatic carbocycles. The number of furan rings is 1. The van der Waals surface area contributed by atoms with Gasteiger partial charge in [-0.15, -0.1) is 0 Å². The number of halogens is 1. The molecule has 3 aromatic heterocycles. The average molecular weight is 278 g/mol. The van der Waals surface area contributed by atoms with Crippen LogP contribution in [0.2, 0.25) is 0 Å². The summed E-state index contributed by atoms with van der Waals surface area (Å²) in [7, 11) is 0. The lowest BCUT2D eigenvalue weighted by atomic mass is 10.0. The van der Waals surface area contributed by atoms with Crippen LogP contribution >= 0.6 is 0 Å². The highest BCUT2D eigenvalue weighted by molar-refractivity contribution is 5.95. The Balaban J connectivity index is 1.91. The molecule has 0 unspecified atom stereocenters. The van der Waals surface area contributed by atoms with Crippen LogP contribution in [-0.2, 0) is 0 Å². The van der Waals surface area contributed by atoms with Crippen molar-refractivity contribution in [1.82, 2.24) is 9.97 Å². The van der Waals surface area contributed by atoms with Gasteiger partial charge in [-0.3, -0.25) is 0 Å². The fraction of sp³-hybridized carbons (Fsp3) is 0. The maximum absolute atomic E-state index is 13.4. The zero-order chi connectivity index (χ0) is 14.2. The Morgan fingerprint density at radius 2 is 2.00 bits per heavy atom. The molecule has 0 fully saturated rings. The molecule has 3 nitrogen and oxygen atoms in total. The van der Waals surface area contributed by atoms with Gasteiger partial charge in [-0.2, -0.15) is 0 Å². The van der Waals surface area contributed by atoms with Crippen molar-refractivity contribution in [3.8, 4) is 22.3 Å². The van der Waals surface area contributed by atoms with Crippen LogP contribution in [0.5, 0.6) is 0 Å². The van der Waals surface area contributed by atoms with Gasteiger partial charge in [-0.25, -0.2) is 9.37 Å². The SMILES string of the molecule is Fc1cccc(-c2cnc3[nH]cc(-c4ccoc4)c3c2)c1. The van der Waals surface area contributed by atoms with Gasteiger partial charge >= 0.3 is 0 Å². The monoisotopic (exact) mass is 278 g/mol. The summed E-state index contributed by atoms with van der Waals surface area (Å²) < 4.78 is 18.5. The number of aromatic nitrogens is 2. The third-order valence-electron chi connectivity index (χ3n) is 3.52. The Labute approximate surface area is 120 Å². The summed E-state index contributed by atoms with van der Waals surface area (Å²) in [5.41, 5.74) is 4.49. The molecular formula is C17H11FN2O. The second-order valence-electron chi connectivity index (χ2n) is 4.84.